The van der Waals surface area contributed by atoms with Crippen molar-refractivity contribution in [3.63, 3.8) is 0 Å². The minimum atomic E-state index is 0.122. The molecule has 0 amide bonds. The summed E-state index contributed by atoms with van der Waals surface area (Å²) in [6.07, 6.45) is 8.82. The van der Waals surface area contributed by atoms with Crippen molar-refractivity contribution in [3.8, 4) is 0 Å². The van der Waals surface area contributed by atoms with Crippen LogP contribution in [0.3, 0.4) is 0 Å². The predicted molar refractivity (Wildman–Crippen MR) is 58.0 cm³/mol. The Balaban J connectivity index is 2.65. The van der Waals surface area contributed by atoms with Crippen LogP contribution in [0.5, 0.6) is 0 Å². The summed E-state index contributed by atoms with van der Waals surface area (Å²) in [5.41, 5.74) is 0. The van der Waals surface area contributed by atoms with Gasteiger partial charge in [0.1, 0.15) is 0 Å². The molecule has 0 aliphatic rings. The van der Waals surface area contributed by atoms with Crippen LogP contribution in [-0.4, -0.2) is 17.2 Å². The van der Waals surface area contributed by atoms with Crippen LogP contribution in [0.1, 0.15) is 45.4 Å². The number of hydrogen-bond acceptors (Lipinski definition) is 0. The zero-order valence-electron chi connectivity index (χ0n) is 6.83. The molecule has 0 atom stereocenters. The molecular formula is C8H17ISn. The van der Waals surface area contributed by atoms with Crippen LogP contribution < -0.4 is 0 Å². The van der Waals surface area contributed by atoms with Gasteiger partial charge in [-0.3, -0.25) is 0 Å². The van der Waals surface area contributed by atoms with Crippen LogP contribution in [0, 0.1) is 0 Å². The molecule has 0 unspecified atom stereocenters. The van der Waals surface area contributed by atoms with Crippen molar-refractivity contribution < 1.29 is 0 Å². The van der Waals surface area contributed by atoms with Crippen molar-refractivity contribution in [2.75, 3.05) is 0 Å². The van der Waals surface area contributed by atoms with Crippen molar-refractivity contribution in [1.82, 2.24) is 0 Å². The Bertz CT molecular complexity index is 49.2. The van der Waals surface area contributed by atoms with Gasteiger partial charge in [-0.25, -0.2) is 0 Å². The number of hydrogen-bond donors (Lipinski definition) is 0. The standard InChI is InChI=1S/C8H17.HI.Sn/c1-3-5-7-8-6-4-2;;/h1,3-8H2,2H3;1H;/q;;+1/p-1. The van der Waals surface area contributed by atoms with E-state index in [1.54, 1.807) is 4.44 Å². The minimum absolute atomic E-state index is 0.122. The monoisotopic (exact) mass is 360 g/mol. The van der Waals surface area contributed by atoms with Gasteiger partial charge in [-0.1, -0.05) is 0 Å². The van der Waals surface area contributed by atoms with E-state index in [2.05, 4.69) is 25.6 Å². The van der Waals surface area contributed by atoms with Crippen LogP contribution in [-0.2, 0) is 0 Å². The molecule has 0 spiro atoms. The molecule has 60 valence electrons. The zero-order valence-corrected chi connectivity index (χ0v) is 11.8. The average Bonchev–Trinajstić information content (AvgIpc) is 1.97. The van der Waals surface area contributed by atoms with E-state index in [0.29, 0.717) is 0 Å². The molecule has 0 aromatic heterocycles. The topological polar surface area (TPSA) is 0 Å². The van der Waals surface area contributed by atoms with Gasteiger partial charge in [-0.15, -0.1) is 0 Å². The molecule has 0 heterocycles. The first-order valence-electron chi connectivity index (χ1n) is 4.25. The van der Waals surface area contributed by atoms with Gasteiger partial charge in [0.25, 0.3) is 0 Å². The van der Waals surface area contributed by atoms with Gasteiger partial charge in [-0.2, -0.15) is 0 Å². The van der Waals surface area contributed by atoms with E-state index in [-0.39, 0.29) is 17.2 Å². The van der Waals surface area contributed by atoms with Gasteiger partial charge >= 0.3 is 85.7 Å². The van der Waals surface area contributed by atoms with E-state index in [0.717, 1.165) is 0 Å². The normalized spacial score (nSPS) is 10.2. The Morgan fingerprint density at radius 1 is 1.00 bits per heavy atom. The fourth-order valence-corrected chi connectivity index (χ4v) is 4.63. The van der Waals surface area contributed by atoms with Gasteiger partial charge in [0.15, 0.2) is 0 Å². The summed E-state index contributed by atoms with van der Waals surface area (Å²) in [4.78, 5) is 0. The molecule has 0 saturated heterocycles. The molecule has 0 saturated carbocycles. The molecule has 0 aromatic carbocycles. The Hall–Kier alpha value is 1.53. The molecule has 0 fully saturated rings. The van der Waals surface area contributed by atoms with Crippen LogP contribution in [0.4, 0.5) is 0 Å². The number of halogens is 1. The van der Waals surface area contributed by atoms with Crippen LogP contribution >= 0.6 is 18.6 Å². The van der Waals surface area contributed by atoms with E-state index < -0.39 is 0 Å². The van der Waals surface area contributed by atoms with E-state index in [1.165, 1.54) is 38.5 Å². The van der Waals surface area contributed by atoms with Crippen molar-refractivity contribution in [2.24, 2.45) is 0 Å². The van der Waals surface area contributed by atoms with E-state index >= 15 is 0 Å². The first-order valence-corrected chi connectivity index (χ1v) is 14.6. The van der Waals surface area contributed by atoms with Crippen LogP contribution in [0.2, 0.25) is 4.44 Å². The number of rotatable bonds is 7. The first-order chi connectivity index (χ1) is 4.91. The molecule has 0 aliphatic carbocycles. The fraction of sp³-hybridized carbons (Fsp3) is 1.00. The molecule has 0 nitrogen and oxygen atoms in total. The summed E-state index contributed by atoms with van der Waals surface area (Å²) in [5.74, 6) is 0. The molecule has 0 aromatic rings. The van der Waals surface area contributed by atoms with Crippen molar-refractivity contribution >= 4 is 35.8 Å². The first kappa shape index (κ1) is 11.5. The van der Waals surface area contributed by atoms with Crippen LogP contribution in [0.15, 0.2) is 0 Å². The van der Waals surface area contributed by atoms with Crippen molar-refractivity contribution in [2.45, 2.75) is 49.9 Å². The van der Waals surface area contributed by atoms with Crippen LogP contribution in [0.25, 0.3) is 0 Å². The average molecular weight is 359 g/mol. The predicted octanol–water partition coefficient (Wildman–Crippen LogP) is 3.82. The Labute approximate surface area is 85.0 Å². The Morgan fingerprint density at radius 2 is 1.60 bits per heavy atom. The summed E-state index contributed by atoms with van der Waals surface area (Å²) in [6, 6.07) is 0. The second kappa shape index (κ2) is 10.5. The third kappa shape index (κ3) is 9.53. The second-order valence-electron chi connectivity index (χ2n) is 2.65. The van der Waals surface area contributed by atoms with Gasteiger partial charge < -0.3 is 0 Å². The molecule has 0 N–H and O–H groups in total. The fourth-order valence-electron chi connectivity index (χ4n) is 0.972. The molecule has 0 bridgehead atoms. The van der Waals surface area contributed by atoms with E-state index in [9.17, 15) is 0 Å². The van der Waals surface area contributed by atoms with Gasteiger partial charge in [0, 0.05) is 0 Å². The van der Waals surface area contributed by atoms with Crippen molar-refractivity contribution in [1.29, 1.82) is 0 Å². The summed E-state index contributed by atoms with van der Waals surface area (Å²) in [7, 11) is 0. The maximum atomic E-state index is 2.63. The van der Waals surface area contributed by atoms with Crippen molar-refractivity contribution in [3.05, 3.63) is 0 Å². The summed E-state index contributed by atoms with van der Waals surface area (Å²) in [6.45, 7) is 2.28. The third-order valence-electron chi connectivity index (χ3n) is 1.62. The van der Waals surface area contributed by atoms with Gasteiger partial charge in [0.2, 0.25) is 0 Å². The molecule has 0 aliphatic heterocycles. The van der Waals surface area contributed by atoms with Gasteiger partial charge in [0.05, 0.1) is 0 Å². The third-order valence-corrected chi connectivity index (χ3v) is 6.79. The quantitative estimate of drug-likeness (QED) is 0.369. The molecule has 0 rings (SSSR count). The number of unbranched alkanes of at least 4 members (excludes halogenated alkanes) is 5. The summed E-state index contributed by atoms with van der Waals surface area (Å²) in [5, 5.41) is 0. The summed E-state index contributed by atoms with van der Waals surface area (Å²) < 4.78 is 1.59. The zero-order chi connectivity index (χ0) is 7.66. The van der Waals surface area contributed by atoms with E-state index in [4.69, 9.17) is 0 Å². The SMILES string of the molecule is CCCCCCC[CH2][Sn][I]. The second-order valence-corrected chi connectivity index (χ2v) is 9.96. The molecule has 2 heteroatoms. The Morgan fingerprint density at radius 3 is 2.20 bits per heavy atom. The van der Waals surface area contributed by atoms with Gasteiger partial charge in [-0.05, 0) is 0 Å². The Kier molecular flexibility index (Phi) is 12.1. The van der Waals surface area contributed by atoms with E-state index in [1.807, 2.05) is 0 Å². The summed E-state index contributed by atoms with van der Waals surface area (Å²) >= 11 is 2.75. The molecule has 10 heavy (non-hydrogen) atoms. The molecular weight excluding hydrogens is 342 g/mol. The maximum absolute atomic E-state index is 2.63. The molecule has 2 radical (unpaired) electrons.